The number of carbonyl (C=O) groups is 1. The van der Waals surface area contributed by atoms with Gasteiger partial charge in [0.05, 0.1) is 28.8 Å². The highest BCUT2D eigenvalue weighted by Crippen LogP contribution is 2.34. The third kappa shape index (κ3) is 3.98. The predicted octanol–water partition coefficient (Wildman–Crippen LogP) is 6.03. The average Bonchev–Trinajstić information content (AvgIpc) is 3.54. The number of hydrogen-bond donors (Lipinski definition) is 3. The van der Waals surface area contributed by atoms with Crippen molar-refractivity contribution in [2.24, 2.45) is 5.92 Å². The van der Waals surface area contributed by atoms with Crippen LogP contribution in [0.3, 0.4) is 0 Å². The molecule has 6 aromatic rings. The van der Waals surface area contributed by atoms with E-state index in [1.54, 1.807) is 18.6 Å². The molecule has 5 heterocycles. The molecule has 1 aromatic carbocycles. The van der Waals surface area contributed by atoms with Gasteiger partial charge < -0.3 is 10.3 Å². The minimum atomic E-state index is -0.276. The van der Waals surface area contributed by atoms with Crippen LogP contribution in [-0.2, 0) is 4.79 Å². The van der Waals surface area contributed by atoms with Gasteiger partial charge in [0.15, 0.2) is 0 Å². The van der Waals surface area contributed by atoms with Crippen molar-refractivity contribution in [3.63, 3.8) is 0 Å². The van der Waals surface area contributed by atoms with Crippen molar-refractivity contribution in [1.82, 2.24) is 30.1 Å². The molecule has 3 N–H and O–H groups in total. The maximum Gasteiger partial charge on any atom is 0.227 e. The number of aromatic amines is 2. The zero-order valence-corrected chi connectivity index (χ0v) is 20.4. The first kappa shape index (κ1) is 22.3. The Morgan fingerprint density at radius 2 is 1.95 bits per heavy atom. The van der Waals surface area contributed by atoms with Crippen LogP contribution in [0, 0.1) is 18.7 Å². The summed E-state index contributed by atoms with van der Waals surface area (Å²) in [6, 6.07) is 14.5. The number of rotatable bonds is 5. The standard InChI is InChI=1S/C29H22FN7O/c1-15-8-17(10-19(30)9-15)21-6-7-32-28-22(21)12-25(35-28)27-26-24(36-37-27)5-4-23(34-26)18-11-20(14-31-13-18)33-29(38)16-2-3-16/h4-14,16H,2-3H2,1H3,(H,32,35)(H,33,38)(H,36,37). The Balaban J connectivity index is 1.29. The molecule has 0 saturated heterocycles. The molecule has 0 unspecified atom stereocenters. The number of halogens is 1. The molecular formula is C29H22FN7O. The largest absolute Gasteiger partial charge is 0.338 e. The number of aromatic nitrogens is 6. The lowest BCUT2D eigenvalue weighted by molar-refractivity contribution is -0.117. The van der Waals surface area contributed by atoms with Crippen LogP contribution in [-0.4, -0.2) is 36.0 Å². The minimum absolute atomic E-state index is 0.0321. The third-order valence-corrected chi connectivity index (χ3v) is 6.80. The summed E-state index contributed by atoms with van der Waals surface area (Å²) in [6.45, 7) is 1.87. The van der Waals surface area contributed by atoms with Gasteiger partial charge in [0.1, 0.15) is 22.7 Å². The molecule has 1 saturated carbocycles. The Morgan fingerprint density at radius 1 is 1.05 bits per heavy atom. The molecule has 1 aliphatic carbocycles. The number of hydrogen-bond acceptors (Lipinski definition) is 5. The van der Waals surface area contributed by atoms with Crippen molar-refractivity contribution in [2.75, 3.05) is 5.32 Å². The maximum absolute atomic E-state index is 14.1. The highest BCUT2D eigenvalue weighted by atomic mass is 19.1. The number of H-pyrrole nitrogens is 2. The van der Waals surface area contributed by atoms with Crippen LogP contribution in [0.15, 0.2) is 67.1 Å². The predicted molar refractivity (Wildman–Crippen MR) is 144 cm³/mol. The fraction of sp³-hybridized carbons (Fsp3) is 0.138. The van der Waals surface area contributed by atoms with Crippen LogP contribution < -0.4 is 5.32 Å². The van der Waals surface area contributed by atoms with Crippen molar-refractivity contribution in [3.05, 3.63) is 78.5 Å². The first-order valence-corrected chi connectivity index (χ1v) is 12.4. The first-order valence-electron chi connectivity index (χ1n) is 12.4. The summed E-state index contributed by atoms with van der Waals surface area (Å²) in [5.74, 6) is -0.135. The first-order chi connectivity index (χ1) is 18.5. The Bertz CT molecular complexity index is 1850. The van der Waals surface area contributed by atoms with E-state index in [1.807, 2.05) is 43.3 Å². The lowest BCUT2D eigenvalue weighted by Crippen LogP contribution is -2.13. The molecule has 1 aliphatic rings. The molecule has 1 amide bonds. The fourth-order valence-corrected chi connectivity index (χ4v) is 4.78. The molecule has 7 rings (SSSR count). The molecular weight excluding hydrogens is 481 g/mol. The second kappa shape index (κ2) is 8.58. The van der Waals surface area contributed by atoms with Gasteiger partial charge in [-0.3, -0.25) is 14.9 Å². The van der Waals surface area contributed by atoms with Crippen LogP contribution in [0.1, 0.15) is 18.4 Å². The second-order valence-corrected chi connectivity index (χ2v) is 9.71. The molecule has 9 heteroatoms. The smallest absolute Gasteiger partial charge is 0.227 e. The number of fused-ring (bicyclic) bond motifs is 2. The van der Waals surface area contributed by atoms with Crippen LogP contribution in [0.5, 0.6) is 0 Å². The van der Waals surface area contributed by atoms with Gasteiger partial charge >= 0.3 is 0 Å². The Labute approximate surface area is 216 Å². The molecule has 0 radical (unpaired) electrons. The normalized spacial score (nSPS) is 13.3. The number of aryl methyl sites for hydroxylation is 1. The highest BCUT2D eigenvalue weighted by Gasteiger charge is 2.29. The number of pyridine rings is 3. The van der Waals surface area contributed by atoms with Crippen molar-refractivity contribution >= 4 is 33.7 Å². The van der Waals surface area contributed by atoms with E-state index >= 15 is 0 Å². The van der Waals surface area contributed by atoms with E-state index in [2.05, 4.69) is 30.5 Å². The fourth-order valence-electron chi connectivity index (χ4n) is 4.78. The van der Waals surface area contributed by atoms with E-state index in [4.69, 9.17) is 4.98 Å². The number of nitrogens with one attached hydrogen (secondary N) is 3. The molecule has 0 atom stereocenters. The Morgan fingerprint density at radius 3 is 2.79 bits per heavy atom. The molecule has 38 heavy (non-hydrogen) atoms. The zero-order chi connectivity index (χ0) is 25.8. The number of carbonyl (C=O) groups excluding carboxylic acids is 1. The van der Waals surface area contributed by atoms with E-state index in [-0.39, 0.29) is 17.6 Å². The summed E-state index contributed by atoms with van der Waals surface area (Å²) in [6.07, 6.45) is 6.95. The summed E-state index contributed by atoms with van der Waals surface area (Å²) in [7, 11) is 0. The van der Waals surface area contributed by atoms with Gasteiger partial charge in [-0.15, -0.1) is 0 Å². The molecule has 0 aliphatic heterocycles. The van der Waals surface area contributed by atoms with Crippen LogP contribution in [0.4, 0.5) is 10.1 Å². The number of anilines is 1. The quantitative estimate of drug-likeness (QED) is 0.266. The van der Waals surface area contributed by atoms with E-state index in [9.17, 15) is 9.18 Å². The van der Waals surface area contributed by atoms with Crippen molar-refractivity contribution < 1.29 is 9.18 Å². The van der Waals surface area contributed by atoms with E-state index in [1.165, 1.54) is 12.1 Å². The van der Waals surface area contributed by atoms with Gasteiger partial charge in [0, 0.05) is 29.3 Å². The highest BCUT2D eigenvalue weighted by molar-refractivity contribution is 5.99. The number of amides is 1. The molecule has 1 fully saturated rings. The maximum atomic E-state index is 14.1. The molecule has 186 valence electrons. The van der Waals surface area contributed by atoms with Gasteiger partial charge in [0.2, 0.25) is 5.91 Å². The van der Waals surface area contributed by atoms with Gasteiger partial charge in [-0.1, -0.05) is 6.07 Å². The van der Waals surface area contributed by atoms with Crippen molar-refractivity contribution in [1.29, 1.82) is 0 Å². The third-order valence-electron chi connectivity index (χ3n) is 6.80. The van der Waals surface area contributed by atoms with Crippen molar-refractivity contribution in [3.8, 4) is 33.8 Å². The molecule has 0 spiro atoms. The van der Waals surface area contributed by atoms with Crippen LogP contribution in [0.25, 0.3) is 55.8 Å². The van der Waals surface area contributed by atoms with Gasteiger partial charge in [0.25, 0.3) is 0 Å². The molecule has 8 nitrogen and oxygen atoms in total. The summed E-state index contributed by atoms with van der Waals surface area (Å²) >= 11 is 0. The summed E-state index contributed by atoms with van der Waals surface area (Å²) < 4.78 is 14.1. The SMILES string of the molecule is Cc1cc(F)cc(-c2ccnc3[nH]c(-c4n[nH]c5ccc(-c6cncc(NC(=O)C7CC7)c6)nc45)cc23)c1. The molecule has 0 bridgehead atoms. The average molecular weight is 504 g/mol. The van der Waals surface area contributed by atoms with Crippen molar-refractivity contribution in [2.45, 2.75) is 19.8 Å². The monoisotopic (exact) mass is 503 g/mol. The van der Waals surface area contributed by atoms with E-state index in [0.29, 0.717) is 28.2 Å². The van der Waals surface area contributed by atoms with Crippen LogP contribution in [0.2, 0.25) is 0 Å². The lowest BCUT2D eigenvalue weighted by atomic mass is 10.0. The number of nitrogens with zero attached hydrogens (tertiary/aromatic N) is 4. The summed E-state index contributed by atoms with van der Waals surface area (Å²) in [5.41, 5.74) is 8.19. The number of benzene rings is 1. The van der Waals surface area contributed by atoms with Crippen LogP contribution >= 0.6 is 0 Å². The molecule has 5 aromatic heterocycles. The van der Waals surface area contributed by atoms with E-state index in [0.717, 1.165) is 51.7 Å². The van der Waals surface area contributed by atoms with Gasteiger partial charge in [-0.25, -0.2) is 14.4 Å². The van der Waals surface area contributed by atoms with Gasteiger partial charge in [-0.05, 0) is 78.9 Å². The Kier molecular flexibility index (Phi) is 5.04. The summed E-state index contributed by atoms with van der Waals surface area (Å²) in [4.78, 5) is 29.2. The second-order valence-electron chi connectivity index (χ2n) is 9.71. The Hall–Kier alpha value is -4.92. The zero-order valence-electron chi connectivity index (χ0n) is 20.4. The summed E-state index contributed by atoms with van der Waals surface area (Å²) in [5, 5.41) is 11.4. The minimum Gasteiger partial charge on any atom is -0.338 e. The van der Waals surface area contributed by atoms with E-state index < -0.39 is 0 Å². The van der Waals surface area contributed by atoms with Gasteiger partial charge in [-0.2, -0.15) is 5.10 Å². The lowest BCUT2D eigenvalue weighted by Gasteiger charge is -2.06. The topological polar surface area (TPSA) is 112 Å².